The van der Waals surface area contributed by atoms with Crippen LogP contribution >= 0.6 is 12.2 Å². The van der Waals surface area contributed by atoms with E-state index >= 15 is 0 Å². The number of azo groups is 1. The van der Waals surface area contributed by atoms with Crippen molar-refractivity contribution in [3.05, 3.63) is 90.5 Å². The molecule has 0 bridgehead atoms. The Morgan fingerprint density at radius 1 is 1.03 bits per heavy atom. The van der Waals surface area contributed by atoms with E-state index in [0.29, 0.717) is 23.4 Å². The number of hydrogen-bond acceptors (Lipinski definition) is 6. The largest absolute Gasteiger partial charge is 0.497 e. The van der Waals surface area contributed by atoms with Crippen LogP contribution in [-0.4, -0.2) is 30.3 Å². The number of rotatable bonds is 6. The summed E-state index contributed by atoms with van der Waals surface area (Å²) >= 11 is 5.28. The topological polar surface area (TPSA) is 131 Å². The number of aromatic hydroxyl groups is 1. The van der Waals surface area contributed by atoms with Crippen molar-refractivity contribution in [1.29, 1.82) is 0 Å². The van der Waals surface area contributed by atoms with Crippen molar-refractivity contribution in [3.63, 3.8) is 0 Å². The molecule has 0 aliphatic carbocycles. The number of primary sulfonamides is 1. The number of nitrogens with one attached hydrogen (secondary N) is 1. The summed E-state index contributed by atoms with van der Waals surface area (Å²) in [6, 6.07) is 25.5. The molecule has 0 saturated heterocycles. The zero-order valence-corrected chi connectivity index (χ0v) is 21.8. The Bertz CT molecular complexity index is 1830. The minimum Gasteiger partial charge on any atom is -0.497 e. The molecule has 5 aromatic rings. The minimum atomic E-state index is -3.87. The number of fused-ring (bicyclic) bond motifs is 2. The molecule has 0 saturated carbocycles. The molecule has 38 heavy (non-hydrogen) atoms. The van der Waals surface area contributed by atoms with Crippen LogP contribution in [0.1, 0.15) is 5.56 Å². The molecule has 0 atom stereocenters. The van der Waals surface area contributed by atoms with E-state index in [9.17, 15) is 13.5 Å². The molecule has 0 amide bonds. The summed E-state index contributed by atoms with van der Waals surface area (Å²) in [5, 5.41) is 30.4. The van der Waals surface area contributed by atoms with Crippen molar-refractivity contribution in [1.82, 2.24) is 4.57 Å². The molecular weight excluding hydrogens is 522 g/mol. The molecule has 11 heteroatoms. The quantitative estimate of drug-likeness (QED) is 0.186. The molecule has 0 aliphatic rings. The Hall–Kier alpha value is -4.32. The first kappa shape index (κ1) is 25.3. The molecular formula is C27H23N5O4S2. The van der Waals surface area contributed by atoms with E-state index in [0.717, 1.165) is 21.9 Å². The maximum atomic E-state index is 11.6. The van der Waals surface area contributed by atoms with Gasteiger partial charge in [0.1, 0.15) is 5.75 Å². The lowest BCUT2D eigenvalue weighted by atomic mass is 10.1. The highest BCUT2D eigenvalue weighted by atomic mass is 32.2. The third kappa shape index (κ3) is 5.21. The molecule has 1 heterocycles. The average molecular weight is 546 g/mol. The highest BCUT2D eigenvalue weighted by Gasteiger charge is 2.18. The molecule has 0 spiro atoms. The molecule has 1 aromatic heterocycles. The Kier molecular flexibility index (Phi) is 6.81. The number of nitrogens with two attached hydrogens (primary N) is 1. The van der Waals surface area contributed by atoms with Crippen molar-refractivity contribution < 1.29 is 18.3 Å². The van der Waals surface area contributed by atoms with E-state index in [1.807, 2.05) is 42.5 Å². The number of nitrogens with zero attached hydrogens (tertiary/aromatic N) is 3. The first-order valence-corrected chi connectivity index (χ1v) is 13.4. The smallest absolute Gasteiger partial charge is 0.238 e. The minimum absolute atomic E-state index is 0.0331. The van der Waals surface area contributed by atoms with Crippen LogP contribution in [0.5, 0.6) is 11.6 Å². The second kappa shape index (κ2) is 10.2. The van der Waals surface area contributed by atoms with Gasteiger partial charge < -0.3 is 19.7 Å². The third-order valence-corrected chi connectivity index (χ3v) is 7.12. The molecule has 0 radical (unpaired) electrons. The van der Waals surface area contributed by atoms with Crippen LogP contribution in [0.15, 0.2) is 100 Å². The van der Waals surface area contributed by atoms with Crippen LogP contribution < -0.4 is 15.2 Å². The van der Waals surface area contributed by atoms with Gasteiger partial charge in [-0.15, -0.1) is 10.2 Å². The molecule has 4 N–H and O–H groups in total. The van der Waals surface area contributed by atoms with Gasteiger partial charge in [0.2, 0.25) is 21.0 Å². The Balaban J connectivity index is 1.48. The predicted molar refractivity (Wildman–Crippen MR) is 152 cm³/mol. The number of hydrogen-bond donors (Lipinski definition) is 3. The first-order valence-electron chi connectivity index (χ1n) is 11.5. The van der Waals surface area contributed by atoms with Crippen LogP contribution in [0.4, 0.5) is 11.4 Å². The molecule has 192 valence electrons. The number of benzene rings is 4. The summed E-state index contributed by atoms with van der Waals surface area (Å²) < 4.78 is 30.4. The highest BCUT2D eigenvalue weighted by Crippen LogP contribution is 2.41. The van der Waals surface area contributed by atoms with E-state index in [4.69, 9.17) is 22.1 Å². The zero-order valence-electron chi connectivity index (χ0n) is 20.2. The van der Waals surface area contributed by atoms with Crippen molar-refractivity contribution >= 4 is 60.4 Å². The monoisotopic (exact) mass is 545 g/mol. The van der Waals surface area contributed by atoms with Crippen LogP contribution in [-0.2, 0) is 16.6 Å². The van der Waals surface area contributed by atoms with Gasteiger partial charge in [-0.25, -0.2) is 13.6 Å². The summed E-state index contributed by atoms with van der Waals surface area (Å²) in [7, 11) is -2.31. The summed E-state index contributed by atoms with van der Waals surface area (Å²) in [6.07, 6.45) is 0. The molecule has 4 aromatic carbocycles. The summed E-state index contributed by atoms with van der Waals surface area (Å²) in [6.45, 7) is 0.401. The number of methoxy groups -OCH3 is 1. The fourth-order valence-corrected chi connectivity index (χ4v) is 4.92. The number of aromatic nitrogens is 1. The van der Waals surface area contributed by atoms with Crippen LogP contribution in [0.25, 0.3) is 21.7 Å². The van der Waals surface area contributed by atoms with Gasteiger partial charge in [-0.1, -0.05) is 42.5 Å². The van der Waals surface area contributed by atoms with E-state index in [-0.39, 0.29) is 21.6 Å². The van der Waals surface area contributed by atoms with Crippen molar-refractivity contribution in [3.8, 4) is 11.6 Å². The normalized spacial score (nSPS) is 11.8. The second-order valence-corrected chi connectivity index (χ2v) is 10.5. The van der Waals surface area contributed by atoms with Gasteiger partial charge in [-0.2, -0.15) is 0 Å². The van der Waals surface area contributed by atoms with Gasteiger partial charge in [0.15, 0.2) is 5.69 Å². The highest BCUT2D eigenvalue weighted by molar-refractivity contribution is 7.89. The lowest BCUT2D eigenvalue weighted by Crippen LogP contribution is -2.13. The van der Waals surface area contributed by atoms with Gasteiger partial charge in [-0.3, -0.25) is 0 Å². The zero-order chi connectivity index (χ0) is 26.9. The Labute approximate surface area is 224 Å². The first-order chi connectivity index (χ1) is 18.2. The van der Waals surface area contributed by atoms with Crippen molar-refractivity contribution in [2.24, 2.45) is 15.4 Å². The van der Waals surface area contributed by atoms with E-state index in [1.165, 1.54) is 18.2 Å². The lowest BCUT2D eigenvalue weighted by Gasteiger charge is -2.09. The third-order valence-electron chi connectivity index (χ3n) is 6.03. The van der Waals surface area contributed by atoms with E-state index in [1.54, 1.807) is 23.8 Å². The molecule has 0 unspecified atom stereocenters. The summed E-state index contributed by atoms with van der Waals surface area (Å²) in [5.74, 6) is 0.515. The SMILES string of the molecule is COc1ccc2c(c1)c(N=NC(=S)Nc1cccc(S(N)(=O)=O)c1)c(O)n2Cc1ccc2ccccc2c1. The van der Waals surface area contributed by atoms with Crippen molar-refractivity contribution in [2.45, 2.75) is 11.4 Å². The van der Waals surface area contributed by atoms with Crippen LogP contribution in [0.3, 0.4) is 0 Å². The standard InChI is InChI=1S/C27H23N5O4S2/c1-36-21-11-12-24-23(15-21)25(30-31-27(37)29-20-7-4-8-22(14-20)38(28,34)35)26(33)32(24)16-17-9-10-18-5-2-3-6-19(18)13-17/h2-15,33H,16H2,1H3,(H,29,37)(H2,28,34,35). The average Bonchev–Trinajstić information content (AvgIpc) is 3.16. The predicted octanol–water partition coefficient (Wildman–Crippen LogP) is 5.69. The number of thiocarbonyl (C=S) groups is 1. The van der Waals surface area contributed by atoms with Gasteiger partial charge in [0.25, 0.3) is 0 Å². The number of sulfonamides is 1. The number of anilines is 1. The van der Waals surface area contributed by atoms with E-state index in [2.05, 4.69) is 27.7 Å². The molecule has 5 rings (SSSR count). The Morgan fingerprint density at radius 3 is 2.58 bits per heavy atom. The van der Waals surface area contributed by atoms with E-state index < -0.39 is 10.0 Å². The van der Waals surface area contributed by atoms with Gasteiger partial charge in [-0.05, 0) is 71.0 Å². The summed E-state index contributed by atoms with van der Waals surface area (Å²) in [4.78, 5) is -0.0660. The van der Waals surface area contributed by atoms with Gasteiger partial charge in [0, 0.05) is 11.1 Å². The van der Waals surface area contributed by atoms with Crippen LogP contribution in [0, 0.1) is 0 Å². The van der Waals surface area contributed by atoms with Gasteiger partial charge in [0.05, 0.1) is 24.1 Å². The van der Waals surface area contributed by atoms with Crippen LogP contribution in [0.2, 0.25) is 0 Å². The summed E-state index contributed by atoms with van der Waals surface area (Å²) in [5.41, 5.74) is 2.35. The fraction of sp³-hybridized carbons (Fsp3) is 0.0741. The maximum absolute atomic E-state index is 11.6. The maximum Gasteiger partial charge on any atom is 0.238 e. The molecule has 0 fully saturated rings. The second-order valence-electron chi connectivity index (χ2n) is 8.53. The lowest BCUT2D eigenvalue weighted by molar-refractivity contribution is 0.415. The molecule has 0 aliphatic heterocycles. The Morgan fingerprint density at radius 2 is 1.82 bits per heavy atom. The van der Waals surface area contributed by atoms with Gasteiger partial charge >= 0.3 is 0 Å². The molecule has 9 nitrogen and oxygen atoms in total. The van der Waals surface area contributed by atoms with Crippen molar-refractivity contribution in [2.75, 3.05) is 12.4 Å². The number of ether oxygens (including phenoxy) is 1. The fourth-order valence-electron chi connectivity index (χ4n) is 4.20.